The van der Waals surface area contributed by atoms with Crippen molar-refractivity contribution in [2.45, 2.75) is 39.7 Å². The van der Waals surface area contributed by atoms with E-state index in [1.54, 1.807) is 4.90 Å². The fraction of sp³-hybridized carbons (Fsp3) is 0.350. The minimum atomic E-state index is -0.164. The maximum absolute atomic E-state index is 12.2. The molecule has 2 amide bonds. The average Bonchev–Trinajstić information content (AvgIpc) is 3.00. The molecule has 2 N–H and O–H groups in total. The van der Waals surface area contributed by atoms with Crippen molar-refractivity contribution in [2.24, 2.45) is 0 Å². The van der Waals surface area contributed by atoms with Gasteiger partial charge in [0, 0.05) is 36.5 Å². The Morgan fingerprint density at radius 2 is 1.92 bits per heavy atom. The van der Waals surface area contributed by atoms with Gasteiger partial charge < -0.3 is 15.2 Å². The second-order valence-corrected chi connectivity index (χ2v) is 6.71. The third-order valence-electron chi connectivity index (χ3n) is 4.64. The van der Waals surface area contributed by atoms with Crippen molar-refractivity contribution in [1.29, 1.82) is 0 Å². The molecule has 2 aromatic rings. The third kappa shape index (κ3) is 4.02. The predicted octanol–water partition coefficient (Wildman–Crippen LogP) is 1.98. The van der Waals surface area contributed by atoms with Gasteiger partial charge in [-0.1, -0.05) is 12.1 Å². The van der Waals surface area contributed by atoms with E-state index in [9.17, 15) is 14.4 Å². The first-order valence-corrected chi connectivity index (χ1v) is 8.79. The zero-order chi connectivity index (χ0) is 18.7. The summed E-state index contributed by atoms with van der Waals surface area (Å²) < 4.78 is 0. The molecule has 3 rings (SSSR count). The Hall–Kier alpha value is -2.89. The molecule has 1 aromatic carbocycles. The standard InChI is InChI=1S/C20H23N3O3/c1-13-10-14(2)22-20(26)17(13)12-21-18(24)11-15-5-7-16(8-6-15)23-9-3-4-19(23)25/h5-8,10H,3-4,9,11-12H2,1-2H3,(H,21,24)(H,22,26). The molecule has 1 saturated heterocycles. The van der Waals surface area contributed by atoms with Gasteiger partial charge in [0.1, 0.15) is 0 Å². The summed E-state index contributed by atoms with van der Waals surface area (Å²) in [6.45, 7) is 4.65. The van der Waals surface area contributed by atoms with Gasteiger partial charge in [-0.2, -0.15) is 0 Å². The summed E-state index contributed by atoms with van der Waals surface area (Å²) in [6.07, 6.45) is 1.72. The SMILES string of the molecule is Cc1cc(C)c(CNC(=O)Cc2ccc(N3CCCC3=O)cc2)c(=O)[nH]1. The van der Waals surface area contributed by atoms with Crippen LogP contribution in [0.15, 0.2) is 35.1 Å². The molecule has 136 valence electrons. The van der Waals surface area contributed by atoms with Crippen molar-refractivity contribution in [3.05, 3.63) is 63.1 Å². The van der Waals surface area contributed by atoms with Crippen LogP contribution in [-0.4, -0.2) is 23.3 Å². The fourth-order valence-corrected chi connectivity index (χ4v) is 3.25. The Labute approximate surface area is 152 Å². The number of aryl methyl sites for hydroxylation is 2. The molecule has 1 fully saturated rings. The van der Waals surface area contributed by atoms with Gasteiger partial charge in [-0.05, 0) is 49.6 Å². The minimum absolute atomic E-state index is 0.144. The second kappa shape index (κ2) is 7.56. The number of hydrogen-bond donors (Lipinski definition) is 2. The number of hydrogen-bond acceptors (Lipinski definition) is 3. The Morgan fingerprint density at radius 3 is 2.54 bits per heavy atom. The number of amides is 2. The van der Waals surface area contributed by atoms with Crippen LogP contribution in [-0.2, 0) is 22.6 Å². The van der Waals surface area contributed by atoms with Gasteiger partial charge in [0.2, 0.25) is 11.8 Å². The van der Waals surface area contributed by atoms with E-state index in [4.69, 9.17) is 0 Å². The smallest absolute Gasteiger partial charge is 0.253 e. The largest absolute Gasteiger partial charge is 0.352 e. The molecule has 0 aliphatic carbocycles. The maximum Gasteiger partial charge on any atom is 0.253 e. The molecule has 0 unspecified atom stereocenters. The number of pyridine rings is 1. The Balaban J connectivity index is 1.58. The number of benzene rings is 1. The Bertz CT molecular complexity index is 884. The van der Waals surface area contributed by atoms with Crippen molar-refractivity contribution in [1.82, 2.24) is 10.3 Å². The summed E-state index contributed by atoms with van der Waals surface area (Å²) in [5, 5.41) is 2.80. The first-order valence-electron chi connectivity index (χ1n) is 8.79. The van der Waals surface area contributed by atoms with Gasteiger partial charge in [-0.15, -0.1) is 0 Å². The molecule has 1 aromatic heterocycles. The van der Waals surface area contributed by atoms with Gasteiger partial charge in [0.05, 0.1) is 6.42 Å². The van der Waals surface area contributed by atoms with E-state index < -0.39 is 0 Å². The third-order valence-corrected chi connectivity index (χ3v) is 4.64. The molecule has 0 bridgehead atoms. The molecule has 26 heavy (non-hydrogen) atoms. The van der Waals surface area contributed by atoms with E-state index in [1.165, 1.54) is 0 Å². The first-order chi connectivity index (χ1) is 12.4. The van der Waals surface area contributed by atoms with Crippen molar-refractivity contribution in [3.63, 3.8) is 0 Å². The van der Waals surface area contributed by atoms with Crippen LogP contribution >= 0.6 is 0 Å². The molecular weight excluding hydrogens is 330 g/mol. The first kappa shape index (κ1) is 17.9. The van der Waals surface area contributed by atoms with Crippen LogP contribution in [0, 0.1) is 13.8 Å². The summed E-state index contributed by atoms with van der Waals surface area (Å²) in [5.74, 6) is 0.00329. The van der Waals surface area contributed by atoms with Crippen molar-refractivity contribution < 1.29 is 9.59 Å². The van der Waals surface area contributed by atoms with Crippen molar-refractivity contribution in [2.75, 3.05) is 11.4 Å². The predicted molar refractivity (Wildman–Crippen MR) is 100 cm³/mol. The van der Waals surface area contributed by atoms with E-state index in [1.807, 2.05) is 44.2 Å². The number of rotatable bonds is 5. The molecule has 0 atom stereocenters. The molecule has 0 saturated carbocycles. The van der Waals surface area contributed by atoms with E-state index >= 15 is 0 Å². The number of nitrogens with zero attached hydrogens (tertiary/aromatic N) is 1. The minimum Gasteiger partial charge on any atom is -0.352 e. The van der Waals surface area contributed by atoms with Crippen LogP contribution in [0.5, 0.6) is 0 Å². The lowest BCUT2D eigenvalue weighted by atomic mass is 10.1. The van der Waals surface area contributed by atoms with Gasteiger partial charge >= 0.3 is 0 Å². The highest BCUT2D eigenvalue weighted by atomic mass is 16.2. The molecule has 6 nitrogen and oxygen atoms in total. The summed E-state index contributed by atoms with van der Waals surface area (Å²) in [6, 6.07) is 9.37. The number of nitrogens with one attached hydrogen (secondary N) is 2. The van der Waals surface area contributed by atoms with Crippen LogP contribution in [0.3, 0.4) is 0 Å². The van der Waals surface area contributed by atoms with E-state index in [2.05, 4.69) is 10.3 Å². The van der Waals surface area contributed by atoms with Gasteiger partial charge in [0.25, 0.3) is 5.56 Å². The summed E-state index contributed by atoms with van der Waals surface area (Å²) in [5.41, 5.74) is 3.82. The molecule has 6 heteroatoms. The molecule has 2 heterocycles. The monoisotopic (exact) mass is 353 g/mol. The van der Waals surface area contributed by atoms with Crippen LogP contribution in [0.25, 0.3) is 0 Å². The normalized spacial score (nSPS) is 13.9. The lowest BCUT2D eigenvalue weighted by Crippen LogP contribution is -2.29. The van der Waals surface area contributed by atoms with Gasteiger partial charge in [0.15, 0.2) is 0 Å². The van der Waals surface area contributed by atoms with Crippen LogP contribution in [0.1, 0.15) is 35.2 Å². The highest BCUT2D eigenvalue weighted by molar-refractivity contribution is 5.95. The maximum atomic E-state index is 12.2. The summed E-state index contributed by atoms with van der Waals surface area (Å²) >= 11 is 0. The number of carbonyl (C=O) groups is 2. The number of aromatic amines is 1. The highest BCUT2D eigenvalue weighted by Gasteiger charge is 2.21. The lowest BCUT2D eigenvalue weighted by Gasteiger charge is -2.16. The van der Waals surface area contributed by atoms with Crippen LogP contribution < -0.4 is 15.8 Å². The van der Waals surface area contributed by atoms with Crippen molar-refractivity contribution >= 4 is 17.5 Å². The van der Waals surface area contributed by atoms with Gasteiger partial charge in [-0.3, -0.25) is 14.4 Å². The second-order valence-electron chi connectivity index (χ2n) is 6.71. The van der Waals surface area contributed by atoms with Crippen LogP contribution in [0.4, 0.5) is 5.69 Å². The topological polar surface area (TPSA) is 82.3 Å². The molecule has 0 radical (unpaired) electrons. The molecule has 1 aliphatic rings. The van der Waals surface area contributed by atoms with E-state index in [0.29, 0.717) is 12.0 Å². The highest BCUT2D eigenvalue weighted by Crippen LogP contribution is 2.21. The quantitative estimate of drug-likeness (QED) is 0.862. The molecule has 0 spiro atoms. The summed E-state index contributed by atoms with van der Waals surface area (Å²) in [4.78, 5) is 40.5. The number of carbonyl (C=O) groups excluding carboxylic acids is 2. The number of aromatic nitrogens is 1. The van der Waals surface area contributed by atoms with E-state index in [0.717, 1.165) is 35.5 Å². The molecular formula is C20H23N3O3. The summed E-state index contributed by atoms with van der Waals surface area (Å²) in [7, 11) is 0. The average molecular weight is 353 g/mol. The number of H-pyrrole nitrogens is 1. The Morgan fingerprint density at radius 1 is 1.19 bits per heavy atom. The lowest BCUT2D eigenvalue weighted by molar-refractivity contribution is -0.120. The van der Waals surface area contributed by atoms with Crippen LogP contribution in [0.2, 0.25) is 0 Å². The Kier molecular flexibility index (Phi) is 5.21. The van der Waals surface area contributed by atoms with Gasteiger partial charge in [-0.25, -0.2) is 0 Å². The zero-order valence-corrected chi connectivity index (χ0v) is 15.1. The fourth-order valence-electron chi connectivity index (χ4n) is 3.25. The van der Waals surface area contributed by atoms with Crippen molar-refractivity contribution in [3.8, 4) is 0 Å². The number of anilines is 1. The van der Waals surface area contributed by atoms with E-state index in [-0.39, 0.29) is 30.3 Å². The molecule has 1 aliphatic heterocycles. The zero-order valence-electron chi connectivity index (χ0n) is 15.1.